The lowest BCUT2D eigenvalue weighted by Crippen LogP contribution is -1.93. The normalized spacial score (nSPS) is 12.8. The highest BCUT2D eigenvalue weighted by atomic mass is 79.9. The van der Waals surface area contributed by atoms with Gasteiger partial charge >= 0.3 is 0 Å². The molecule has 0 saturated heterocycles. The average molecular weight is 301 g/mol. The molecule has 0 aliphatic rings. The second kappa shape index (κ2) is 4.62. The van der Waals surface area contributed by atoms with Crippen LogP contribution >= 0.6 is 15.9 Å². The number of halogens is 1. The maximum absolute atomic E-state index is 5.48. The molecule has 0 N–H and O–H groups in total. The smallest absolute Gasteiger partial charge is 0.121 e. The van der Waals surface area contributed by atoms with Gasteiger partial charge in [-0.25, -0.2) is 0 Å². The second-order valence-electron chi connectivity index (χ2n) is 4.40. The Morgan fingerprint density at radius 3 is 2.44 bits per heavy atom. The molecule has 1 atom stereocenters. The molecule has 18 heavy (non-hydrogen) atoms. The van der Waals surface area contributed by atoms with E-state index in [-0.39, 0.29) is 4.83 Å². The third kappa shape index (κ3) is 1.87. The van der Waals surface area contributed by atoms with E-state index in [0.717, 1.165) is 5.76 Å². The Morgan fingerprint density at radius 2 is 1.72 bits per heavy atom. The fourth-order valence-corrected chi connectivity index (χ4v) is 2.94. The molecule has 0 radical (unpaired) electrons. The maximum Gasteiger partial charge on any atom is 0.121 e. The topological polar surface area (TPSA) is 13.1 Å². The molecule has 2 aromatic carbocycles. The second-order valence-corrected chi connectivity index (χ2v) is 5.31. The van der Waals surface area contributed by atoms with Crippen molar-refractivity contribution in [2.75, 3.05) is 0 Å². The monoisotopic (exact) mass is 300 g/mol. The Bertz CT molecular complexity index is 671. The van der Waals surface area contributed by atoms with Crippen LogP contribution in [0.25, 0.3) is 10.8 Å². The molecular formula is C16H13BrO. The fraction of sp³-hybridized carbons (Fsp3) is 0.125. The number of aryl methyl sites for hydroxylation is 1. The van der Waals surface area contributed by atoms with E-state index in [1.807, 2.05) is 12.1 Å². The predicted molar refractivity (Wildman–Crippen MR) is 78.2 cm³/mol. The zero-order valence-electron chi connectivity index (χ0n) is 10.1. The van der Waals surface area contributed by atoms with Crippen molar-refractivity contribution in [3.05, 3.63) is 71.7 Å². The van der Waals surface area contributed by atoms with Crippen LogP contribution < -0.4 is 0 Å². The first-order chi connectivity index (χ1) is 8.77. The molecule has 0 aliphatic heterocycles. The molecule has 3 aromatic rings. The Kier molecular flexibility index (Phi) is 2.96. The summed E-state index contributed by atoms with van der Waals surface area (Å²) in [6.07, 6.45) is 1.71. The summed E-state index contributed by atoms with van der Waals surface area (Å²) >= 11 is 3.73. The molecule has 1 heterocycles. The highest BCUT2D eigenvalue weighted by Crippen LogP contribution is 2.36. The molecular weight excluding hydrogens is 288 g/mol. The lowest BCUT2D eigenvalue weighted by atomic mass is 9.98. The van der Waals surface area contributed by atoms with Crippen molar-refractivity contribution in [1.82, 2.24) is 0 Å². The Morgan fingerprint density at radius 1 is 0.944 bits per heavy atom. The number of rotatable bonds is 2. The molecule has 90 valence electrons. The minimum atomic E-state index is 0.0954. The molecule has 1 aromatic heterocycles. The summed E-state index contributed by atoms with van der Waals surface area (Å²) in [6.45, 7) is 2.14. The lowest BCUT2D eigenvalue weighted by Gasteiger charge is -2.12. The number of fused-ring (bicyclic) bond motifs is 1. The van der Waals surface area contributed by atoms with Gasteiger partial charge in [0, 0.05) is 0 Å². The van der Waals surface area contributed by atoms with Crippen LogP contribution in [0.4, 0.5) is 0 Å². The largest absolute Gasteiger partial charge is 0.468 e. The van der Waals surface area contributed by atoms with Crippen LogP contribution in [0.3, 0.4) is 0 Å². The standard InChI is InChI=1S/C16H13BrO/c1-11-8-9-14(13-6-3-2-5-12(11)13)16(17)15-7-4-10-18-15/h2-10,16H,1H3. The third-order valence-corrected chi connectivity index (χ3v) is 4.19. The van der Waals surface area contributed by atoms with Gasteiger partial charge in [0.25, 0.3) is 0 Å². The van der Waals surface area contributed by atoms with Crippen molar-refractivity contribution in [3.8, 4) is 0 Å². The average Bonchev–Trinajstić information content (AvgIpc) is 2.93. The number of hydrogen-bond acceptors (Lipinski definition) is 1. The van der Waals surface area contributed by atoms with Crippen LogP contribution in [-0.4, -0.2) is 0 Å². The minimum absolute atomic E-state index is 0.0954. The quantitative estimate of drug-likeness (QED) is 0.591. The Balaban J connectivity index is 2.21. The summed E-state index contributed by atoms with van der Waals surface area (Å²) < 4.78 is 5.48. The van der Waals surface area contributed by atoms with Crippen molar-refractivity contribution < 1.29 is 4.42 Å². The summed E-state index contributed by atoms with van der Waals surface area (Å²) in [6, 6.07) is 16.7. The number of furan rings is 1. The number of benzene rings is 2. The molecule has 0 amide bonds. The van der Waals surface area contributed by atoms with Crippen molar-refractivity contribution in [2.24, 2.45) is 0 Å². The maximum atomic E-state index is 5.48. The Hall–Kier alpha value is -1.54. The molecule has 1 nitrogen and oxygen atoms in total. The highest BCUT2D eigenvalue weighted by Gasteiger charge is 2.16. The van der Waals surface area contributed by atoms with Gasteiger partial charge in [0.2, 0.25) is 0 Å². The molecule has 0 bridgehead atoms. The van der Waals surface area contributed by atoms with Crippen molar-refractivity contribution in [2.45, 2.75) is 11.8 Å². The molecule has 0 aliphatic carbocycles. The highest BCUT2D eigenvalue weighted by molar-refractivity contribution is 9.09. The van der Waals surface area contributed by atoms with Crippen LogP contribution in [-0.2, 0) is 0 Å². The van der Waals surface area contributed by atoms with E-state index < -0.39 is 0 Å². The summed E-state index contributed by atoms with van der Waals surface area (Å²) in [7, 11) is 0. The number of hydrogen-bond donors (Lipinski definition) is 0. The van der Waals surface area contributed by atoms with Gasteiger partial charge in [-0.05, 0) is 41.0 Å². The Labute approximate surface area is 115 Å². The molecule has 2 heteroatoms. The van der Waals surface area contributed by atoms with E-state index in [4.69, 9.17) is 4.42 Å². The SMILES string of the molecule is Cc1ccc(C(Br)c2ccco2)c2ccccc12. The first-order valence-electron chi connectivity index (χ1n) is 5.93. The summed E-state index contributed by atoms with van der Waals surface area (Å²) in [5.41, 5.74) is 2.54. The van der Waals surface area contributed by atoms with Gasteiger partial charge in [-0.2, -0.15) is 0 Å². The predicted octanol–water partition coefficient (Wildman–Crippen LogP) is 5.23. The molecule has 0 saturated carbocycles. The first kappa shape index (κ1) is 11.5. The van der Waals surface area contributed by atoms with E-state index in [1.54, 1.807) is 6.26 Å². The van der Waals surface area contributed by atoms with Gasteiger partial charge in [-0.15, -0.1) is 0 Å². The lowest BCUT2D eigenvalue weighted by molar-refractivity contribution is 0.520. The first-order valence-corrected chi connectivity index (χ1v) is 6.84. The van der Waals surface area contributed by atoms with Crippen molar-refractivity contribution in [1.29, 1.82) is 0 Å². The van der Waals surface area contributed by atoms with Gasteiger partial charge in [-0.1, -0.05) is 52.3 Å². The van der Waals surface area contributed by atoms with E-state index >= 15 is 0 Å². The molecule has 0 fully saturated rings. The fourth-order valence-electron chi connectivity index (χ4n) is 2.28. The van der Waals surface area contributed by atoms with Crippen LogP contribution in [0.2, 0.25) is 0 Å². The van der Waals surface area contributed by atoms with Gasteiger partial charge in [0.05, 0.1) is 11.1 Å². The molecule has 0 spiro atoms. The van der Waals surface area contributed by atoms with Crippen molar-refractivity contribution in [3.63, 3.8) is 0 Å². The summed E-state index contributed by atoms with van der Waals surface area (Å²) in [5, 5.41) is 2.57. The van der Waals surface area contributed by atoms with Gasteiger partial charge in [-0.3, -0.25) is 0 Å². The van der Waals surface area contributed by atoms with E-state index in [1.165, 1.54) is 21.9 Å². The zero-order valence-corrected chi connectivity index (χ0v) is 11.6. The molecule has 3 rings (SSSR count). The molecule has 1 unspecified atom stereocenters. The summed E-state index contributed by atoms with van der Waals surface area (Å²) in [5.74, 6) is 0.934. The van der Waals surface area contributed by atoms with Crippen LogP contribution in [0, 0.1) is 6.92 Å². The van der Waals surface area contributed by atoms with Crippen LogP contribution in [0.1, 0.15) is 21.7 Å². The zero-order chi connectivity index (χ0) is 12.5. The van der Waals surface area contributed by atoms with Gasteiger partial charge in [0.1, 0.15) is 5.76 Å². The van der Waals surface area contributed by atoms with Crippen LogP contribution in [0.5, 0.6) is 0 Å². The van der Waals surface area contributed by atoms with E-state index in [9.17, 15) is 0 Å². The minimum Gasteiger partial charge on any atom is -0.468 e. The number of alkyl halides is 1. The summed E-state index contributed by atoms with van der Waals surface area (Å²) in [4.78, 5) is 0.0954. The van der Waals surface area contributed by atoms with Crippen LogP contribution in [0.15, 0.2) is 59.2 Å². The van der Waals surface area contributed by atoms with E-state index in [0.29, 0.717) is 0 Å². The van der Waals surface area contributed by atoms with Gasteiger partial charge < -0.3 is 4.42 Å². The van der Waals surface area contributed by atoms with Crippen molar-refractivity contribution >= 4 is 26.7 Å². The van der Waals surface area contributed by atoms with Gasteiger partial charge in [0.15, 0.2) is 0 Å². The third-order valence-electron chi connectivity index (χ3n) is 3.24. The van der Waals surface area contributed by atoms with E-state index in [2.05, 4.69) is 59.3 Å².